The molecule has 3 nitrogen and oxygen atoms in total. The van der Waals surface area contributed by atoms with Gasteiger partial charge in [-0.15, -0.1) is 0 Å². The molecule has 4 aromatic rings. The van der Waals surface area contributed by atoms with Crippen LogP contribution in [0.4, 0.5) is 0 Å². The van der Waals surface area contributed by atoms with Crippen molar-refractivity contribution < 1.29 is 8.42 Å². The summed E-state index contributed by atoms with van der Waals surface area (Å²) < 4.78 is 31.2. The predicted octanol–water partition coefficient (Wildman–Crippen LogP) is 7.33. The van der Waals surface area contributed by atoms with Crippen LogP contribution in [0.3, 0.4) is 0 Å². The predicted molar refractivity (Wildman–Crippen MR) is 150 cm³/mol. The number of nitrogens with zero attached hydrogens (tertiary/aromatic N) is 1. The van der Waals surface area contributed by atoms with Crippen molar-refractivity contribution in [2.24, 2.45) is 11.3 Å². The fraction of sp³-hybridized carbons (Fsp3) is 0.250. The number of hydrogen-bond acceptors (Lipinski definition) is 2. The zero-order valence-electron chi connectivity index (χ0n) is 20.4. The Labute approximate surface area is 227 Å². The minimum atomic E-state index is -3.69. The first-order valence-corrected chi connectivity index (χ1v) is 15.1. The summed E-state index contributed by atoms with van der Waals surface area (Å²) in [7, 11) is -3.69. The molecule has 5 heteroatoms. The molecule has 1 aliphatic heterocycles. The molecule has 0 radical (unpaired) electrons. The van der Waals surface area contributed by atoms with Crippen LogP contribution in [0.15, 0.2) is 125 Å². The molecule has 2 unspecified atom stereocenters. The van der Waals surface area contributed by atoms with Crippen LogP contribution in [-0.4, -0.2) is 19.3 Å². The Morgan fingerprint density at radius 3 is 1.84 bits per heavy atom. The smallest absolute Gasteiger partial charge is 0.207 e. The molecule has 4 aliphatic rings. The highest BCUT2D eigenvalue weighted by Crippen LogP contribution is 2.82. The van der Waals surface area contributed by atoms with Crippen LogP contribution in [0.1, 0.15) is 41.5 Å². The molecule has 3 saturated carbocycles. The zero-order chi connectivity index (χ0) is 25.3. The van der Waals surface area contributed by atoms with Crippen molar-refractivity contribution in [2.75, 3.05) is 6.54 Å². The quantitative estimate of drug-likeness (QED) is 0.252. The Kier molecular flexibility index (Phi) is 5.30. The van der Waals surface area contributed by atoms with Crippen LogP contribution < -0.4 is 0 Å². The molecule has 0 aromatic heterocycles. The Bertz CT molecular complexity index is 1530. The summed E-state index contributed by atoms with van der Waals surface area (Å²) in [5.41, 5.74) is 3.75. The first kappa shape index (κ1) is 23.4. The molecule has 0 amide bonds. The molecular formula is C32H28BrNO2S. The Balaban J connectivity index is 1.40. The normalized spacial score (nSPS) is 30.6. The molecule has 4 aromatic carbocycles. The molecule has 2 bridgehead atoms. The van der Waals surface area contributed by atoms with Gasteiger partial charge in [-0.1, -0.05) is 107 Å². The maximum Gasteiger partial charge on any atom is 0.243 e. The molecule has 1 spiro atoms. The summed E-state index contributed by atoms with van der Waals surface area (Å²) in [6.45, 7) is 0.534. The standard InChI is InChI=1S/C32H28BrNO2S/c33-26-16-18-27(19-17-26)37(35,36)34-20-28-29(23-10-4-1-5-11-23)31(25-14-8-3-9-15-25)21-32(28,22-31)30(34)24-12-6-2-7-13-24/h1-19,28-30H,20-22H2/t28?,29?,30-,31?,32?/m1/s1. The molecule has 3 aliphatic carbocycles. The molecule has 3 atom stereocenters. The summed E-state index contributed by atoms with van der Waals surface area (Å²) in [5.74, 6) is 0.512. The number of hydrogen-bond donors (Lipinski definition) is 0. The highest BCUT2D eigenvalue weighted by molar-refractivity contribution is 9.10. The van der Waals surface area contributed by atoms with Gasteiger partial charge in [0.2, 0.25) is 10.0 Å². The second kappa shape index (κ2) is 8.39. The summed E-state index contributed by atoms with van der Waals surface area (Å²) in [6, 6.07) is 38.9. The molecule has 37 heavy (non-hydrogen) atoms. The van der Waals surface area contributed by atoms with E-state index in [9.17, 15) is 8.42 Å². The van der Waals surface area contributed by atoms with E-state index in [1.165, 1.54) is 11.1 Å². The molecule has 4 fully saturated rings. The van der Waals surface area contributed by atoms with Crippen molar-refractivity contribution in [3.8, 4) is 0 Å². The van der Waals surface area contributed by atoms with Gasteiger partial charge in [-0.2, -0.15) is 4.31 Å². The first-order valence-electron chi connectivity index (χ1n) is 12.9. The monoisotopic (exact) mass is 569 g/mol. The van der Waals surface area contributed by atoms with E-state index in [2.05, 4.69) is 88.7 Å². The molecule has 8 rings (SSSR count). The number of rotatable bonds is 5. The van der Waals surface area contributed by atoms with Crippen LogP contribution in [-0.2, 0) is 15.4 Å². The van der Waals surface area contributed by atoms with Crippen molar-refractivity contribution in [2.45, 2.75) is 35.1 Å². The van der Waals surface area contributed by atoms with Gasteiger partial charge in [-0.05, 0) is 71.0 Å². The van der Waals surface area contributed by atoms with Crippen LogP contribution in [0.5, 0.6) is 0 Å². The highest BCUT2D eigenvalue weighted by atomic mass is 79.9. The molecule has 186 valence electrons. The zero-order valence-corrected chi connectivity index (χ0v) is 22.8. The lowest BCUT2D eigenvalue weighted by Gasteiger charge is -2.53. The Morgan fingerprint density at radius 1 is 0.703 bits per heavy atom. The van der Waals surface area contributed by atoms with Gasteiger partial charge in [0, 0.05) is 16.4 Å². The topological polar surface area (TPSA) is 37.4 Å². The maximum absolute atomic E-state index is 14.2. The molecule has 1 heterocycles. The van der Waals surface area contributed by atoms with E-state index >= 15 is 0 Å². The minimum absolute atomic E-state index is 0.0355. The summed E-state index contributed by atoms with van der Waals surface area (Å²) in [6.07, 6.45) is 2.00. The maximum atomic E-state index is 14.2. The molecular weight excluding hydrogens is 542 g/mol. The number of benzene rings is 4. The number of halogens is 1. The second-order valence-electron chi connectivity index (χ2n) is 10.9. The van der Waals surface area contributed by atoms with Gasteiger partial charge in [0.15, 0.2) is 0 Å². The van der Waals surface area contributed by atoms with E-state index in [0.717, 1.165) is 22.9 Å². The minimum Gasteiger partial charge on any atom is -0.207 e. The van der Waals surface area contributed by atoms with Crippen molar-refractivity contribution >= 4 is 26.0 Å². The van der Waals surface area contributed by atoms with E-state index in [0.29, 0.717) is 11.4 Å². The van der Waals surface area contributed by atoms with Crippen LogP contribution in [0, 0.1) is 11.3 Å². The van der Waals surface area contributed by atoms with Gasteiger partial charge in [0.25, 0.3) is 0 Å². The van der Waals surface area contributed by atoms with E-state index in [1.807, 2.05) is 34.6 Å². The van der Waals surface area contributed by atoms with Crippen molar-refractivity contribution in [1.82, 2.24) is 4.31 Å². The largest absolute Gasteiger partial charge is 0.243 e. The van der Waals surface area contributed by atoms with Gasteiger partial charge in [-0.3, -0.25) is 0 Å². The van der Waals surface area contributed by atoms with Crippen LogP contribution in [0.2, 0.25) is 0 Å². The Hall–Kier alpha value is -2.73. The lowest BCUT2D eigenvalue weighted by Crippen LogP contribution is -2.48. The summed E-state index contributed by atoms with van der Waals surface area (Å²) >= 11 is 3.45. The second-order valence-corrected chi connectivity index (χ2v) is 13.8. The third-order valence-electron chi connectivity index (χ3n) is 9.28. The third-order valence-corrected chi connectivity index (χ3v) is 11.7. The van der Waals surface area contributed by atoms with Crippen molar-refractivity contribution in [1.29, 1.82) is 0 Å². The van der Waals surface area contributed by atoms with E-state index in [1.54, 1.807) is 12.1 Å². The average molecular weight is 571 g/mol. The fourth-order valence-corrected chi connectivity index (χ4v) is 10.1. The summed E-state index contributed by atoms with van der Waals surface area (Å²) in [5, 5.41) is 0. The van der Waals surface area contributed by atoms with Crippen molar-refractivity contribution in [3.05, 3.63) is 136 Å². The molecule has 0 N–H and O–H groups in total. The Morgan fingerprint density at radius 2 is 1.24 bits per heavy atom. The van der Waals surface area contributed by atoms with Crippen LogP contribution in [0.25, 0.3) is 0 Å². The van der Waals surface area contributed by atoms with Gasteiger partial charge < -0.3 is 0 Å². The fourth-order valence-electron chi connectivity index (χ4n) is 8.07. The van der Waals surface area contributed by atoms with E-state index in [-0.39, 0.29) is 28.7 Å². The highest BCUT2D eigenvalue weighted by Gasteiger charge is 2.78. The van der Waals surface area contributed by atoms with E-state index < -0.39 is 10.0 Å². The van der Waals surface area contributed by atoms with Gasteiger partial charge in [-0.25, -0.2) is 8.42 Å². The van der Waals surface area contributed by atoms with E-state index in [4.69, 9.17) is 0 Å². The average Bonchev–Trinajstić information content (AvgIpc) is 3.50. The van der Waals surface area contributed by atoms with Crippen LogP contribution >= 0.6 is 15.9 Å². The first-order chi connectivity index (χ1) is 18.0. The lowest BCUT2D eigenvalue weighted by atomic mass is 9.53. The number of sulfonamides is 1. The SMILES string of the molecule is O=S(=O)(c1ccc(Br)cc1)N1CC2C(c3ccccc3)C3(c4ccccc4)CC2(C3)[C@H]1c1ccccc1. The van der Waals surface area contributed by atoms with Crippen molar-refractivity contribution in [3.63, 3.8) is 0 Å². The van der Waals surface area contributed by atoms with Gasteiger partial charge in [0.1, 0.15) is 0 Å². The molecule has 1 saturated heterocycles. The third kappa shape index (κ3) is 3.30. The van der Waals surface area contributed by atoms with Gasteiger partial charge >= 0.3 is 0 Å². The lowest BCUT2D eigenvalue weighted by molar-refractivity contribution is 0.0526. The van der Waals surface area contributed by atoms with Gasteiger partial charge in [0.05, 0.1) is 10.9 Å². The summed E-state index contributed by atoms with van der Waals surface area (Å²) in [4.78, 5) is 0.359.